The number of nitrogen functional groups attached to an aromatic ring is 1. The Labute approximate surface area is 121 Å². The van der Waals surface area contributed by atoms with Gasteiger partial charge in [-0.3, -0.25) is 0 Å². The molecular formula is C15H15N3OS. The highest BCUT2D eigenvalue weighted by Crippen LogP contribution is 2.30. The normalized spacial score (nSPS) is 11.2. The van der Waals surface area contributed by atoms with Crippen molar-refractivity contribution in [3.8, 4) is 22.2 Å². The van der Waals surface area contributed by atoms with Crippen LogP contribution < -0.4 is 5.73 Å². The van der Waals surface area contributed by atoms with Crippen LogP contribution in [0.15, 0.2) is 40.9 Å². The van der Waals surface area contributed by atoms with Gasteiger partial charge in [-0.25, -0.2) is 0 Å². The van der Waals surface area contributed by atoms with E-state index in [1.54, 1.807) is 0 Å². The molecule has 5 heteroatoms. The summed E-state index contributed by atoms with van der Waals surface area (Å²) in [6.45, 7) is 4.34. The van der Waals surface area contributed by atoms with Gasteiger partial charge in [-0.1, -0.05) is 43.3 Å². The highest BCUT2D eigenvalue weighted by Gasteiger charge is 2.12. The molecule has 0 fully saturated rings. The summed E-state index contributed by atoms with van der Waals surface area (Å²) >= 11 is 1.44. The lowest BCUT2D eigenvalue weighted by Gasteiger charge is -2.04. The Balaban J connectivity index is 1.90. The van der Waals surface area contributed by atoms with E-state index < -0.39 is 0 Å². The number of rotatable bonds is 3. The molecule has 102 valence electrons. The highest BCUT2D eigenvalue weighted by atomic mass is 32.1. The van der Waals surface area contributed by atoms with Crippen LogP contribution in [0.5, 0.6) is 0 Å². The van der Waals surface area contributed by atoms with Gasteiger partial charge < -0.3 is 10.3 Å². The van der Waals surface area contributed by atoms with Gasteiger partial charge in [0.15, 0.2) is 0 Å². The van der Waals surface area contributed by atoms with Crippen molar-refractivity contribution in [1.29, 1.82) is 0 Å². The van der Waals surface area contributed by atoms with Gasteiger partial charge in [-0.15, -0.1) is 11.3 Å². The highest BCUT2D eigenvalue weighted by molar-refractivity contribution is 7.19. The molecule has 0 aliphatic carbocycles. The Kier molecular flexibility index (Phi) is 3.28. The number of hydrogen-bond donors (Lipinski definition) is 1. The Morgan fingerprint density at radius 1 is 1.10 bits per heavy atom. The van der Waals surface area contributed by atoms with Crippen LogP contribution in [0.3, 0.4) is 0 Å². The lowest BCUT2D eigenvalue weighted by molar-refractivity contribution is 0.433. The summed E-state index contributed by atoms with van der Waals surface area (Å²) in [5.74, 6) is 1.62. The van der Waals surface area contributed by atoms with Crippen molar-refractivity contribution in [3.05, 3.63) is 42.0 Å². The minimum atomic E-state index is 0.509. The van der Waals surface area contributed by atoms with E-state index >= 15 is 0 Å². The van der Waals surface area contributed by atoms with E-state index in [-0.39, 0.29) is 0 Å². The Morgan fingerprint density at radius 3 is 2.45 bits per heavy atom. The summed E-state index contributed by atoms with van der Waals surface area (Å²) in [4.78, 5) is 5.30. The van der Waals surface area contributed by atoms with E-state index in [0.717, 1.165) is 15.4 Å². The second kappa shape index (κ2) is 5.09. The average molecular weight is 285 g/mol. The first-order valence-corrected chi connectivity index (χ1v) is 7.25. The Bertz CT molecular complexity index is 713. The monoisotopic (exact) mass is 285 g/mol. The fourth-order valence-electron chi connectivity index (χ4n) is 1.93. The average Bonchev–Trinajstić information content (AvgIpc) is 3.07. The van der Waals surface area contributed by atoms with E-state index in [0.29, 0.717) is 17.6 Å². The topological polar surface area (TPSA) is 64.9 Å². The molecule has 2 N–H and O–H groups in total. The van der Waals surface area contributed by atoms with Crippen molar-refractivity contribution in [2.24, 2.45) is 0 Å². The van der Waals surface area contributed by atoms with Crippen LogP contribution in [-0.4, -0.2) is 10.1 Å². The summed E-state index contributed by atoms with van der Waals surface area (Å²) in [6.07, 6.45) is 0. The fourth-order valence-corrected chi connectivity index (χ4v) is 2.62. The molecule has 0 spiro atoms. The third-order valence-electron chi connectivity index (χ3n) is 3.10. The van der Waals surface area contributed by atoms with Crippen LogP contribution in [0, 0.1) is 0 Å². The molecule has 4 nitrogen and oxygen atoms in total. The maximum Gasteiger partial charge on any atom is 0.268 e. The maximum atomic E-state index is 5.71. The van der Waals surface area contributed by atoms with Gasteiger partial charge in [0.05, 0.1) is 9.88 Å². The van der Waals surface area contributed by atoms with Crippen molar-refractivity contribution in [3.63, 3.8) is 0 Å². The van der Waals surface area contributed by atoms with Crippen LogP contribution >= 0.6 is 11.3 Å². The zero-order chi connectivity index (χ0) is 14.1. The molecule has 0 unspecified atom stereocenters. The van der Waals surface area contributed by atoms with E-state index in [1.807, 2.05) is 24.3 Å². The third-order valence-corrected chi connectivity index (χ3v) is 4.00. The first-order chi connectivity index (χ1) is 9.63. The number of anilines is 1. The number of hydrogen-bond acceptors (Lipinski definition) is 5. The standard InChI is InChI=1S/C15H15N3OS/c1-9(2)10-3-5-11(6-4-10)14-17-15(19-18-14)12-7-8-13(16)20-12/h3-9H,16H2,1-2H3. The van der Waals surface area contributed by atoms with E-state index in [2.05, 4.69) is 36.1 Å². The Morgan fingerprint density at radius 2 is 1.85 bits per heavy atom. The molecule has 0 amide bonds. The van der Waals surface area contributed by atoms with Gasteiger partial charge in [-0.05, 0) is 23.6 Å². The molecule has 3 aromatic rings. The maximum absolute atomic E-state index is 5.71. The van der Waals surface area contributed by atoms with E-state index in [1.165, 1.54) is 16.9 Å². The summed E-state index contributed by atoms with van der Waals surface area (Å²) in [6, 6.07) is 12.0. The molecule has 0 aliphatic heterocycles. The predicted octanol–water partition coefficient (Wildman–Crippen LogP) is 4.17. The minimum absolute atomic E-state index is 0.509. The van der Waals surface area contributed by atoms with Crippen molar-refractivity contribution < 1.29 is 4.52 Å². The predicted molar refractivity (Wildman–Crippen MR) is 81.5 cm³/mol. The first kappa shape index (κ1) is 12.9. The first-order valence-electron chi connectivity index (χ1n) is 6.43. The number of nitrogens with two attached hydrogens (primary N) is 1. The molecule has 0 atom stereocenters. The molecule has 20 heavy (non-hydrogen) atoms. The molecule has 0 radical (unpaired) electrons. The largest absolute Gasteiger partial charge is 0.391 e. The van der Waals surface area contributed by atoms with Gasteiger partial charge in [0.25, 0.3) is 5.89 Å². The molecular weight excluding hydrogens is 270 g/mol. The van der Waals surface area contributed by atoms with Crippen molar-refractivity contribution in [1.82, 2.24) is 10.1 Å². The molecule has 0 bridgehead atoms. The summed E-state index contributed by atoms with van der Waals surface area (Å²) in [7, 11) is 0. The van der Waals surface area contributed by atoms with Crippen molar-refractivity contribution in [2.45, 2.75) is 19.8 Å². The second-order valence-electron chi connectivity index (χ2n) is 4.90. The number of thiophene rings is 1. The van der Waals surface area contributed by atoms with Gasteiger partial charge >= 0.3 is 0 Å². The number of benzene rings is 1. The fraction of sp³-hybridized carbons (Fsp3) is 0.200. The summed E-state index contributed by atoms with van der Waals surface area (Å²) < 4.78 is 5.29. The van der Waals surface area contributed by atoms with Gasteiger partial charge in [-0.2, -0.15) is 4.98 Å². The van der Waals surface area contributed by atoms with Crippen LogP contribution in [0.1, 0.15) is 25.3 Å². The number of aromatic nitrogens is 2. The molecule has 2 heterocycles. The van der Waals surface area contributed by atoms with Crippen LogP contribution in [0.25, 0.3) is 22.2 Å². The van der Waals surface area contributed by atoms with Crippen molar-refractivity contribution in [2.75, 3.05) is 5.73 Å². The quantitative estimate of drug-likeness (QED) is 0.784. The van der Waals surface area contributed by atoms with Crippen LogP contribution in [0.2, 0.25) is 0 Å². The van der Waals surface area contributed by atoms with E-state index in [4.69, 9.17) is 10.3 Å². The second-order valence-corrected chi connectivity index (χ2v) is 6.02. The van der Waals surface area contributed by atoms with E-state index in [9.17, 15) is 0 Å². The molecule has 0 saturated heterocycles. The SMILES string of the molecule is CC(C)c1ccc(-c2noc(-c3ccc(N)s3)n2)cc1. The van der Waals surface area contributed by atoms with Gasteiger partial charge in [0, 0.05) is 5.56 Å². The van der Waals surface area contributed by atoms with Gasteiger partial charge in [0.1, 0.15) is 0 Å². The number of nitrogens with zero attached hydrogens (tertiary/aromatic N) is 2. The lowest BCUT2D eigenvalue weighted by atomic mass is 10.0. The van der Waals surface area contributed by atoms with Crippen LogP contribution in [-0.2, 0) is 0 Å². The molecule has 3 rings (SSSR count). The zero-order valence-electron chi connectivity index (χ0n) is 11.3. The minimum Gasteiger partial charge on any atom is -0.391 e. The molecule has 0 saturated carbocycles. The Hall–Kier alpha value is -2.14. The lowest BCUT2D eigenvalue weighted by Crippen LogP contribution is -1.87. The molecule has 2 aromatic heterocycles. The third kappa shape index (κ3) is 2.44. The smallest absolute Gasteiger partial charge is 0.268 e. The zero-order valence-corrected chi connectivity index (χ0v) is 12.1. The summed E-state index contributed by atoms with van der Waals surface area (Å²) in [5, 5.41) is 4.76. The summed E-state index contributed by atoms with van der Waals surface area (Å²) in [5.41, 5.74) is 7.96. The molecule has 0 aliphatic rings. The van der Waals surface area contributed by atoms with Crippen molar-refractivity contribution >= 4 is 16.3 Å². The molecule has 1 aromatic carbocycles. The van der Waals surface area contributed by atoms with Gasteiger partial charge in [0.2, 0.25) is 5.82 Å². The van der Waals surface area contributed by atoms with Crippen LogP contribution in [0.4, 0.5) is 5.00 Å².